The van der Waals surface area contributed by atoms with Crippen molar-refractivity contribution in [3.63, 3.8) is 0 Å². The predicted octanol–water partition coefficient (Wildman–Crippen LogP) is 2.97. The Morgan fingerprint density at radius 3 is 2.83 bits per heavy atom. The van der Waals surface area contributed by atoms with E-state index in [1.54, 1.807) is 12.4 Å². The molecule has 4 heteroatoms. The summed E-state index contributed by atoms with van der Waals surface area (Å²) < 4.78 is 6.75. The molecule has 2 aromatic rings. The van der Waals surface area contributed by atoms with Crippen LogP contribution in [-0.2, 0) is 0 Å². The molecule has 0 aliphatic heterocycles. The highest BCUT2D eigenvalue weighted by molar-refractivity contribution is 9.10. The SMILES string of the molecule is NCC(COc1cccnc1)c1cccc(Br)c1. The molecule has 0 aliphatic rings. The summed E-state index contributed by atoms with van der Waals surface area (Å²) in [6.45, 7) is 1.11. The number of pyridine rings is 1. The first kappa shape index (κ1) is 13.1. The number of ether oxygens (including phenoxy) is 1. The Morgan fingerprint density at radius 2 is 2.17 bits per heavy atom. The molecule has 2 rings (SSSR count). The van der Waals surface area contributed by atoms with E-state index < -0.39 is 0 Å². The monoisotopic (exact) mass is 306 g/mol. The van der Waals surface area contributed by atoms with Crippen LogP contribution in [0.15, 0.2) is 53.3 Å². The minimum Gasteiger partial charge on any atom is -0.491 e. The zero-order valence-corrected chi connectivity index (χ0v) is 11.5. The van der Waals surface area contributed by atoms with Crippen molar-refractivity contribution < 1.29 is 4.74 Å². The van der Waals surface area contributed by atoms with Gasteiger partial charge in [0.25, 0.3) is 0 Å². The van der Waals surface area contributed by atoms with Gasteiger partial charge in [0.15, 0.2) is 0 Å². The summed E-state index contributed by atoms with van der Waals surface area (Å²) in [5.74, 6) is 0.952. The van der Waals surface area contributed by atoms with E-state index >= 15 is 0 Å². The second-order valence-corrected chi connectivity index (χ2v) is 4.90. The molecule has 0 radical (unpaired) electrons. The van der Waals surface area contributed by atoms with Crippen molar-refractivity contribution >= 4 is 15.9 Å². The third kappa shape index (κ3) is 3.55. The maximum Gasteiger partial charge on any atom is 0.137 e. The van der Waals surface area contributed by atoms with Gasteiger partial charge in [0.05, 0.1) is 12.8 Å². The molecule has 1 aromatic heterocycles. The van der Waals surface area contributed by atoms with Crippen molar-refractivity contribution in [1.82, 2.24) is 4.98 Å². The summed E-state index contributed by atoms with van der Waals surface area (Å²) in [5.41, 5.74) is 6.98. The second-order valence-electron chi connectivity index (χ2n) is 3.99. The van der Waals surface area contributed by atoms with Crippen molar-refractivity contribution in [1.29, 1.82) is 0 Å². The average molecular weight is 307 g/mol. The summed E-state index contributed by atoms with van der Waals surface area (Å²) in [7, 11) is 0. The van der Waals surface area contributed by atoms with Gasteiger partial charge in [-0.05, 0) is 29.8 Å². The number of rotatable bonds is 5. The smallest absolute Gasteiger partial charge is 0.137 e. The van der Waals surface area contributed by atoms with Crippen LogP contribution in [0.25, 0.3) is 0 Å². The van der Waals surface area contributed by atoms with Crippen LogP contribution in [0.2, 0.25) is 0 Å². The Bertz CT molecular complexity index is 490. The van der Waals surface area contributed by atoms with Crippen LogP contribution in [0.4, 0.5) is 0 Å². The van der Waals surface area contributed by atoms with Gasteiger partial charge in [-0.3, -0.25) is 4.98 Å². The zero-order valence-electron chi connectivity index (χ0n) is 9.92. The maximum absolute atomic E-state index is 5.81. The average Bonchev–Trinajstić information content (AvgIpc) is 2.41. The van der Waals surface area contributed by atoms with Crippen LogP contribution < -0.4 is 10.5 Å². The minimum atomic E-state index is 0.183. The molecule has 0 bridgehead atoms. The van der Waals surface area contributed by atoms with Crippen LogP contribution in [0.5, 0.6) is 5.75 Å². The quantitative estimate of drug-likeness (QED) is 0.924. The first-order valence-electron chi connectivity index (χ1n) is 5.78. The highest BCUT2D eigenvalue weighted by atomic mass is 79.9. The Labute approximate surface area is 115 Å². The van der Waals surface area contributed by atoms with Crippen molar-refractivity contribution in [2.24, 2.45) is 5.73 Å². The molecule has 94 valence electrons. The fraction of sp³-hybridized carbons (Fsp3) is 0.214. The Hall–Kier alpha value is -1.39. The van der Waals surface area contributed by atoms with Gasteiger partial charge in [-0.2, -0.15) is 0 Å². The van der Waals surface area contributed by atoms with E-state index in [0.29, 0.717) is 13.2 Å². The topological polar surface area (TPSA) is 48.1 Å². The normalized spacial score (nSPS) is 12.1. The van der Waals surface area contributed by atoms with Gasteiger partial charge >= 0.3 is 0 Å². The van der Waals surface area contributed by atoms with E-state index in [2.05, 4.69) is 33.0 Å². The molecular weight excluding hydrogens is 292 g/mol. The molecule has 1 unspecified atom stereocenters. The molecule has 1 atom stereocenters. The molecule has 0 saturated carbocycles. The lowest BCUT2D eigenvalue weighted by Gasteiger charge is -2.16. The standard InChI is InChI=1S/C14H15BrN2O/c15-13-4-1-3-11(7-13)12(8-16)10-18-14-5-2-6-17-9-14/h1-7,9,12H,8,10,16H2. The highest BCUT2D eigenvalue weighted by Gasteiger charge is 2.11. The molecule has 18 heavy (non-hydrogen) atoms. The van der Waals surface area contributed by atoms with Gasteiger partial charge in [-0.1, -0.05) is 28.1 Å². The van der Waals surface area contributed by atoms with E-state index in [0.717, 1.165) is 10.2 Å². The summed E-state index contributed by atoms with van der Waals surface area (Å²) in [5, 5.41) is 0. The Kier molecular flexibility index (Phi) is 4.73. The molecule has 1 heterocycles. The van der Waals surface area contributed by atoms with Gasteiger partial charge in [0.2, 0.25) is 0 Å². The van der Waals surface area contributed by atoms with Crippen molar-refractivity contribution in [3.05, 3.63) is 58.8 Å². The molecule has 0 spiro atoms. The number of aromatic nitrogens is 1. The number of nitrogens with zero attached hydrogens (tertiary/aromatic N) is 1. The lowest BCUT2D eigenvalue weighted by molar-refractivity contribution is 0.289. The first-order chi connectivity index (χ1) is 8.79. The number of hydrogen-bond acceptors (Lipinski definition) is 3. The third-order valence-electron chi connectivity index (χ3n) is 2.69. The lowest BCUT2D eigenvalue weighted by Crippen LogP contribution is -2.19. The fourth-order valence-electron chi connectivity index (χ4n) is 1.69. The van der Waals surface area contributed by atoms with E-state index in [1.165, 1.54) is 5.56 Å². The van der Waals surface area contributed by atoms with Crippen LogP contribution in [0.1, 0.15) is 11.5 Å². The van der Waals surface area contributed by atoms with Gasteiger partial charge in [0, 0.05) is 23.1 Å². The Morgan fingerprint density at radius 1 is 1.28 bits per heavy atom. The number of benzene rings is 1. The largest absolute Gasteiger partial charge is 0.491 e. The molecule has 0 saturated heterocycles. The summed E-state index contributed by atoms with van der Waals surface area (Å²) in [4.78, 5) is 4.01. The van der Waals surface area contributed by atoms with Crippen LogP contribution in [0.3, 0.4) is 0 Å². The van der Waals surface area contributed by atoms with Crippen LogP contribution >= 0.6 is 15.9 Å². The predicted molar refractivity (Wildman–Crippen MR) is 75.7 cm³/mol. The Balaban J connectivity index is 2.02. The minimum absolute atomic E-state index is 0.183. The van der Waals surface area contributed by atoms with Crippen molar-refractivity contribution in [3.8, 4) is 5.75 Å². The summed E-state index contributed by atoms with van der Waals surface area (Å²) in [6, 6.07) is 11.9. The molecule has 0 fully saturated rings. The zero-order chi connectivity index (χ0) is 12.8. The van der Waals surface area contributed by atoms with E-state index in [9.17, 15) is 0 Å². The third-order valence-corrected chi connectivity index (χ3v) is 3.18. The molecule has 0 aliphatic carbocycles. The van der Waals surface area contributed by atoms with Gasteiger partial charge < -0.3 is 10.5 Å². The lowest BCUT2D eigenvalue weighted by atomic mass is 10.0. The molecule has 1 aromatic carbocycles. The fourth-order valence-corrected chi connectivity index (χ4v) is 2.11. The van der Waals surface area contributed by atoms with Crippen molar-refractivity contribution in [2.75, 3.05) is 13.2 Å². The number of nitrogens with two attached hydrogens (primary N) is 1. The summed E-state index contributed by atoms with van der Waals surface area (Å²) >= 11 is 3.46. The molecule has 3 nitrogen and oxygen atoms in total. The van der Waals surface area contributed by atoms with E-state index in [1.807, 2.05) is 24.3 Å². The molecule has 0 amide bonds. The van der Waals surface area contributed by atoms with Gasteiger partial charge in [-0.25, -0.2) is 0 Å². The van der Waals surface area contributed by atoms with Crippen molar-refractivity contribution in [2.45, 2.75) is 5.92 Å². The molecule has 2 N–H and O–H groups in total. The number of halogens is 1. The number of hydrogen-bond donors (Lipinski definition) is 1. The van der Waals surface area contributed by atoms with Crippen LogP contribution in [0, 0.1) is 0 Å². The van der Waals surface area contributed by atoms with Gasteiger partial charge in [0.1, 0.15) is 5.75 Å². The first-order valence-corrected chi connectivity index (χ1v) is 6.57. The van der Waals surface area contributed by atoms with E-state index in [4.69, 9.17) is 10.5 Å². The van der Waals surface area contributed by atoms with Crippen LogP contribution in [-0.4, -0.2) is 18.1 Å². The second kappa shape index (κ2) is 6.52. The van der Waals surface area contributed by atoms with E-state index in [-0.39, 0.29) is 5.92 Å². The molecular formula is C14H15BrN2O. The van der Waals surface area contributed by atoms with Gasteiger partial charge in [-0.15, -0.1) is 0 Å². The maximum atomic E-state index is 5.81. The highest BCUT2D eigenvalue weighted by Crippen LogP contribution is 2.20. The summed E-state index contributed by atoms with van der Waals surface area (Å²) in [6.07, 6.45) is 3.43.